The summed E-state index contributed by atoms with van der Waals surface area (Å²) in [6, 6.07) is 32.4. The number of halogens is 1. The van der Waals surface area contributed by atoms with E-state index in [-0.39, 0.29) is 17.0 Å². The van der Waals surface area contributed by atoms with Crippen molar-refractivity contribution in [3.05, 3.63) is 103 Å². The van der Waals surface area contributed by atoms with Gasteiger partial charge >= 0.3 is 0 Å². The predicted molar refractivity (Wildman–Crippen MR) is 111 cm³/mol. The van der Waals surface area contributed by atoms with E-state index in [1.165, 1.54) is 15.9 Å². The molecule has 0 atom stereocenters. The molecule has 0 aromatic heterocycles. The van der Waals surface area contributed by atoms with E-state index in [1.807, 2.05) is 6.92 Å². The molecule has 0 aliphatic carbocycles. The largest absolute Gasteiger partial charge is 1.00 e. The molecule has 26 heavy (non-hydrogen) atoms. The number of benzene rings is 3. The van der Waals surface area contributed by atoms with Gasteiger partial charge in [0.15, 0.2) is 0 Å². The fourth-order valence-electron chi connectivity index (χ4n) is 3.20. The lowest BCUT2D eigenvalue weighted by Gasteiger charge is -2.24. The Hall–Kier alpha value is -1.89. The molecule has 0 saturated heterocycles. The van der Waals surface area contributed by atoms with Crippen LogP contribution in [0.15, 0.2) is 103 Å². The Morgan fingerprint density at radius 3 is 1.38 bits per heavy atom. The van der Waals surface area contributed by atoms with Crippen molar-refractivity contribution in [1.29, 1.82) is 0 Å². The highest BCUT2D eigenvalue weighted by atomic mass is 79.9. The van der Waals surface area contributed by atoms with Gasteiger partial charge in [-0.05, 0) is 50.2 Å². The maximum atomic E-state index is 5.85. The van der Waals surface area contributed by atoms with Gasteiger partial charge in [0.05, 0.1) is 6.61 Å². The van der Waals surface area contributed by atoms with Crippen molar-refractivity contribution < 1.29 is 21.7 Å². The van der Waals surface area contributed by atoms with Crippen LogP contribution in [0.2, 0.25) is 0 Å². The molecule has 3 aromatic rings. The molecular formula is C23H24BrOP. The third-order valence-corrected chi connectivity index (χ3v) is 8.33. The van der Waals surface area contributed by atoms with E-state index in [9.17, 15) is 0 Å². The van der Waals surface area contributed by atoms with E-state index in [2.05, 4.69) is 104 Å². The van der Waals surface area contributed by atoms with Crippen LogP contribution in [0, 0.1) is 0 Å². The van der Waals surface area contributed by atoms with Gasteiger partial charge < -0.3 is 21.7 Å². The second-order valence-corrected chi connectivity index (χ2v) is 9.15. The molecular weight excluding hydrogens is 403 g/mol. The molecule has 0 unspecified atom stereocenters. The standard InChI is InChI=1S/C23H24OP.BrH/c1-3-24-20(2)19-25(21-13-7-4-8-14-21,22-15-9-5-10-16-22)23-17-11-6-12-18-23;/h4-19H,3H2,1-2H3;1H/q+1;/p-1/b20-19-;. The Kier molecular flexibility index (Phi) is 7.63. The molecule has 0 heterocycles. The minimum absolute atomic E-state index is 0. The van der Waals surface area contributed by atoms with Gasteiger partial charge in [-0.25, -0.2) is 0 Å². The van der Waals surface area contributed by atoms with E-state index in [0.717, 1.165) is 5.76 Å². The fraction of sp³-hybridized carbons (Fsp3) is 0.130. The Morgan fingerprint density at radius 2 is 1.08 bits per heavy atom. The first-order chi connectivity index (χ1) is 12.3. The maximum Gasteiger partial charge on any atom is 0.140 e. The summed E-state index contributed by atoms with van der Waals surface area (Å²) in [5, 5.41) is 4.02. The van der Waals surface area contributed by atoms with E-state index >= 15 is 0 Å². The van der Waals surface area contributed by atoms with Crippen molar-refractivity contribution in [2.45, 2.75) is 13.8 Å². The third-order valence-electron chi connectivity index (χ3n) is 4.24. The molecule has 0 aliphatic rings. The summed E-state index contributed by atoms with van der Waals surface area (Å²) in [6.45, 7) is 4.78. The molecule has 0 aliphatic heterocycles. The van der Waals surface area contributed by atoms with Crippen LogP contribution in [0.25, 0.3) is 0 Å². The average Bonchev–Trinajstić information content (AvgIpc) is 2.68. The first kappa shape index (κ1) is 20.4. The number of ether oxygens (including phenoxy) is 1. The third kappa shape index (κ3) is 4.26. The van der Waals surface area contributed by atoms with Crippen LogP contribution < -0.4 is 32.9 Å². The van der Waals surface area contributed by atoms with Crippen molar-refractivity contribution in [3.8, 4) is 0 Å². The lowest BCUT2D eigenvalue weighted by Crippen LogP contribution is -3.00. The Balaban J connectivity index is 0.00000243. The zero-order valence-corrected chi connectivity index (χ0v) is 17.7. The zero-order valence-electron chi connectivity index (χ0n) is 15.2. The van der Waals surface area contributed by atoms with Crippen LogP contribution >= 0.6 is 7.26 Å². The normalized spacial score (nSPS) is 11.5. The summed E-state index contributed by atoms with van der Waals surface area (Å²) in [7, 11) is -1.93. The van der Waals surface area contributed by atoms with Crippen LogP contribution in [0.4, 0.5) is 0 Å². The SMILES string of the molecule is CCO/C(C)=C\[P+](c1ccccc1)(c1ccccc1)c1ccccc1.[Br-]. The van der Waals surface area contributed by atoms with Crippen molar-refractivity contribution in [2.75, 3.05) is 6.61 Å². The van der Waals surface area contributed by atoms with Crippen LogP contribution in [-0.4, -0.2) is 6.61 Å². The topological polar surface area (TPSA) is 9.23 Å². The molecule has 3 aromatic carbocycles. The summed E-state index contributed by atoms with van der Waals surface area (Å²) in [6.07, 6.45) is 0. The monoisotopic (exact) mass is 426 g/mol. The molecule has 0 N–H and O–H groups in total. The Bertz CT molecular complexity index is 720. The molecule has 0 saturated carbocycles. The summed E-state index contributed by atoms with van der Waals surface area (Å²) in [5.74, 6) is 3.34. The van der Waals surface area contributed by atoms with Crippen LogP contribution in [0.3, 0.4) is 0 Å². The Labute approximate surface area is 167 Å². The van der Waals surface area contributed by atoms with Crippen LogP contribution in [0.5, 0.6) is 0 Å². The second kappa shape index (κ2) is 9.71. The number of hydrogen-bond acceptors (Lipinski definition) is 1. The maximum absolute atomic E-state index is 5.85. The lowest BCUT2D eigenvalue weighted by molar-refractivity contribution is -0.00000596. The van der Waals surface area contributed by atoms with Gasteiger partial charge in [0, 0.05) is 0 Å². The first-order valence-electron chi connectivity index (χ1n) is 8.65. The van der Waals surface area contributed by atoms with Gasteiger partial charge in [-0.3, -0.25) is 0 Å². The van der Waals surface area contributed by atoms with Crippen molar-refractivity contribution in [3.63, 3.8) is 0 Å². The summed E-state index contributed by atoms with van der Waals surface area (Å²) >= 11 is 0. The van der Waals surface area contributed by atoms with Gasteiger partial charge in [-0.1, -0.05) is 54.6 Å². The first-order valence-corrected chi connectivity index (χ1v) is 10.5. The van der Waals surface area contributed by atoms with E-state index < -0.39 is 7.26 Å². The molecule has 3 rings (SSSR count). The van der Waals surface area contributed by atoms with E-state index in [1.54, 1.807) is 0 Å². The highest BCUT2D eigenvalue weighted by Crippen LogP contribution is 2.57. The van der Waals surface area contributed by atoms with Gasteiger partial charge in [-0.15, -0.1) is 0 Å². The molecule has 0 radical (unpaired) electrons. The number of rotatable bonds is 6. The van der Waals surface area contributed by atoms with E-state index in [0.29, 0.717) is 6.61 Å². The fourth-order valence-corrected chi connectivity index (χ4v) is 7.09. The van der Waals surface area contributed by atoms with Gasteiger partial charge in [0.1, 0.15) is 34.8 Å². The van der Waals surface area contributed by atoms with Gasteiger partial charge in [0.2, 0.25) is 0 Å². The minimum Gasteiger partial charge on any atom is -1.00 e. The van der Waals surface area contributed by atoms with Gasteiger partial charge in [-0.2, -0.15) is 0 Å². The predicted octanol–water partition coefficient (Wildman–Crippen LogP) is 1.88. The quantitative estimate of drug-likeness (QED) is 0.431. The second-order valence-electron chi connectivity index (χ2n) is 5.90. The number of allylic oxidation sites excluding steroid dienone is 1. The van der Waals surface area contributed by atoms with Crippen LogP contribution in [-0.2, 0) is 4.74 Å². The summed E-state index contributed by atoms with van der Waals surface area (Å²) in [4.78, 5) is 0. The summed E-state index contributed by atoms with van der Waals surface area (Å²) in [5.41, 5.74) is 0. The smallest absolute Gasteiger partial charge is 0.140 e. The summed E-state index contributed by atoms with van der Waals surface area (Å²) < 4.78 is 5.85. The van der Waals surface area contributed by atoms with E-state index in [4.69, 9.17) is 4.74 Å². The molecule has 134 valence electrons. The van der Waals surface area contributed by atoms with Crippen molar-refractivity contribution in [1.82, 2.24) is 0 Å². The lowest BCUT2D eigenvalue weighted by atomic mass is 10.4. The van der Waals surface area contributed by atoms with Crippen molar-refractivity contribution in [2.24, 2.45) is 0 Å². The molecule has 1 nitrogen and oxygen atoms in total. The highest BCUT2D eigenvalue weighted by molar-refractivity contribution is 7.98. The average molecular weight is 427 g/mol. The molecule has 3 heteroatoms. The number of hydrogen-bond donors (Lipinski definition) is 0. The Morgan fingerprint density at radius 1 is 0.731 bits per heavy atom. The van der Waals surface area contributed by atoms with Crippen molar-refractivity contribution >= 4 is 23.2 Å². The molecule has 0 amide bonds. The molecule has 0 bridgehead atoms. The molecule has 0 fully saturated rings. The van der Waals surface area contributed by atoms with Crippen LogP contribution in [0.1, 0.15) is 13.8 Å². The molecule has 0 spiro atoms. The zero-order chi connectivity index (χ0) is 17.5. The highest BCUT2D eigenvalue weighted by Gasteiger charge is 2.44. The van der Waals surface area contributed by atoms with Gasteiger partial charge in [0.25, 0.3) is 0 Å². The minimum atomic E-state index is -1.93.